The van der Waals surface area contributed by atoms with Gasteiger partial charge in [-0.15, -0.1) is 0 Å². The van der Waals surface area contributed by atoms with Crippen LogP contribution < -0.4 is 5.32 Å². The zero-order chi connectivity index (χ0) is 20.4. The van der Waals surface area contributed by atoms with Crippen LogP contribution in [0.1, 0.15) is 16.7 Å². The van der Waals surface area contributed by atoms with Crippen molar-refractivity contribution in [3.05, 3.63) is 77.5 Å². The number of thioether (sulfide) groups is 1. The van der Waals surface area contributed by atoms with E-state index in [4.69, 9.17) is 0 Å². The van der Waals surface area contributed by atoms with E-state index in [1.165, 1.54) is 17.3 Å². The number of benzene rings is 2. The molecule has 0 saturated carbocycles. The quantitative estimate of drug-likeness (QED) is 0.475. The molecular weight excluding hydrogens is 380 g/mol. The number of imidazole rings is 1. The van der Waals surface area contributed by atoms with Crippen molar-refractivity contribution in [3.63, 3.8) is 0 Å². The molecule has 6 heteroatoms. The molecule has 4 rings (SSSR count). The van der Waals surface area contributed by atoms with Gasteiger partial charge in [0, 0.05) is 11.3 Å². The van der Waals surface area contributed by atoms with Crippen molar-refractivity contribution >= 4 is 29.0 Å². The molecule has 2 heterocycles. The third kappa shape index (κ3) is 4.32. The van der Waals surface area contributed by atoms with Crippen LogP contribution in [0, 0.1) is 20.8 Å². The molecular formula is C23H22N4OS. The van der Waals surface area contributed by atoms with Crippen LogP contribution in [0.4, 0.5) is 5.69 Å². The summed E-state index contributed by atoms with van der Waals surface area (Å²) >= 11 is 1.41. The summed E-state index contributed by atoms with van der Waals surface area (Å²) in [6, 6.07) is 18.0. The fourth-order valence-corrected chi connectivity index (χ4v) is 4.04. The van der Waals surface area contributed by atoms with Crippen LogP contribution in [0.25, 0.3) is 16.9 Å². The average molecular weight is 403 g/mol. The molecule has 5 nitrogen and oxygen atoms in total. The Hall–Kier alpha value is -3.12. The second-order valence-electron chi connectivity index (χ2n) is 7.08. The van der Waals surface area contributed by atoms with Gasteiger partial charge < -0.3 is 5.32 Å². The smallest absolute Gasteiger partial charge is 0.234 e. The Morgan fingerprint density at radius 3 is 2.48 bits per heavy atom. The molecule has 0 unspecified atom stereocenters. The number of nitrogens with zero attached hydrogens (tertiary/aromatic N) is 3. The van der Waals surface area contributed by atoms with Gasteiger partial charge in [0.2, 0.25) is 5.91 Å². The number of amides is 1. The van der Waals surface area contributed by atoms with E-state index in [0.717, 1.165) is 38.7 Å². The van der Waals surface area contributed by atoms with Gasteiger partial charge >= 0.3 is 0 Å². The Morgan fingerprint density at radius 1 is 1.03 bits per heavy atom. The monoisotopic (exact) mass is 402 g/mol. The first-order chi connectivity index (χ1) is 14.0. The number of hydrogen-bond donors (Lipinski definition) is 1. The molecule has 2 aromatic carbocycles. The molecule has 0 spiro atoms. The summed E-state index contributed by atoms with van der Waals surface area (Å²) < 4.78 is 1.76. The SMILES string of the molecule is Cc1cc(C)c(NC(=O)CSc2ccc3nc(-c4ccccc4)cn3n2)c(C)c1. The Balaban J connectivity index is 1.45. The van der Waals surface area contributed by atoms with Crippen molar-refractivity contribution in [2.45, 2.75) is 25.8 Å². The number of carbonyl (C=O) groups is 1. The lowest BCUT2D eigenvalue weighted by Gasteiger charge is -2.12. The van der Waals surface area contributed by atoms with Crippen LogP contribution in [-0.2, 0) is 4.79 Å². The predicted molar refractivity (Wildman–Crippen MR) is 118 cm³/mol. The van der Waals surface area contributed by atoms with Gasteiger partial charge in [0.15, 0.2) is 5.65 Å². The maximum absolute atomic E-state index is 12.4. The molecule has 0 aliphatic rings. The van der Waals surface area contributed by atoms with E-state index in [9.17, 15) is 4.79 Å². The first kappa shape index (κ1) is 19.2. The van der Waals surface area contributed by atoms with Crippen LogP contribution in [0.5, 0.6) is 0 Å². The minimum absolute atomic E-state index is 0.0393. The highest BCUT2D eigenvalue weighted by atomic mass is 32.2. The Bertz CT molecular complexity index is 1160. The molecule has 0 saturated heterocycles. The maximum atomic E-state index is 12.4. The van der Waals surface area contributed by atoms with Gasteiger partial charge in [0.1, 0.15) is 5.03 Å². The lowest BCUT2D eigenvalue weighted by atomic mass is 10.1. The fraction of sp³-hybridized carbons (Fsp3) is 0.174. The van der Waals surface area contributed by atoms with Crippen LogP contribution in [-0.4, -0.2) is 26.3 Å². The number of nitrogens with one attached hydrogen (secondary N) is 1. The number of hydrogen-bond acceptors (Lipinski definition) is 4. The van der Waals surface area contributed by atoms with E-state index in [-0.39, 0.29) is 5.91 Å². The Labute approximate surface area is 174 Å². The van der Waals surface area contributed by atoms with E-state index in [1.54, 1.807) is 4.52 Å². The van der Waals surface area contributed by atoms with Crippen LogP contribution in [0.2, 0.25) is 0 Å². The highest BCUT2D eigenvalue weighted by molar-refractivity contribution is 7.99. The van der Waals surface area contributed by atoms with Gasteiger partial charge in [-0.05, 0) is 44.0 Å². The summed E-state index contributed by atoms with van der Waals surface area (Å²) in [6.45, 7) is 6.09. The van der Waals surface area contributed by atoms with Gasteiger partial charge in [-0.1, -0.05) is 59.8 Å². The fourth-order valence-electron chi connectivity index (χ4n) is 3.38. The number of aromatic nitrogens is 3. The first-order valence-corrected chi connectivity index (χ1v) is 10.4. The number of anilines is 1. The largest absolute Gasteiger partial charge is 0.325 e. The van der Waals surface area contributed by atoms with Crippen molar-refractivity contribution in [1.29, 1.82) is 0 Å². The molecule has 1 amide bonds. The lowest BCUT2D eigenvalue weighted by molar-refractivity contribution is -0.113. The van der Waals surface area contributed by atoms with Crippen LogP contribution in [0.3, 0.4) is 0 Å². The zero-order valence-corrected chi connectivity index (χ0v) is 17.5. The van der Waals surface area contributed by atoms with E-state index < -0.39 is 0 Å². The first-order valence-electron chi connectivity index (χ1n) is 9.42. The standard InChI is InChI=1S/C23H22N4OS/c1-15-11-16(2)23(17(3)12-15)25-21(28)14-29-22-10-9-20-24-19(13-27(20)26-22)18-7-5-4-6-8-18/h4-13H,14H2,1-3H3,(H,25,28). The lowest BCUT2D eigenvalue weighted by Crippen LogP contribution is -2.16. The van der Waals surface area contributed by atoms with E-state index in [2.05, 4.69) is 34.5 Å². The molecule has 0 atom stereocenters. The van der Waals surface area contributed by atoms with Crippen molar-refractivity contribution in [2.24, 2.45) is 0 Å². The molecule has 4 aromatic rings. The van der Waals surface area contributed by atoms with Crippen molar-refractivity contribution in [1.82, 2.24) is 14.6 Å². The average Bonchev–Trinajstić information content (AvgIpc) is 3.13. The van der Waals surface area contributed by atoms with Crippen molar-refractivity contribution in [2.75, 3.05) is 11.1 Å². The normalized spacial score (nSPS) is 11.0. The molecule has 0 aliphatic heterocycles. The molecule has 0 aliphatic carbocycles. The molecule has 146 valence electrons. The van der Waals surface area contributed by atoms with Gasteiger partial charge in [0.05, 0.1) is 17.6 Å². The minimum atomic E-state index is -0.0393. The number of carbonyl (C=O) groups excluding carboxylic acids is 1. The highest BCUT2D eigenvalue weighted by Gasteiger charge is 2.11. The number of rotatable bonds is 5. The summed E-state index contributed by atoms with van der Waals surface area (Å²) in [4.78, 5) is 17.1. The van der Waals surface area contributed by atoms with Crippen LogP contribution in [0.15, 0.2) is 65.8 Å². The Kier molecular flexibility index (Phi) is 5.36. The molecule has 0 bridgehead atoms. The molecule has 0 fully saturated rings. The van der Waals surface area contributed by atoms with Crippen molar-refractivity contribution < 1.29 is 4.79 Å². The zero-order valence-electron chi connectivity index (χ0n) is 16.6. The van der Waals surface area contributed by atoms with Gasteiger partial charge in [-0.25, -0.2) is 9.50 Å². The summed E-state index contributed by atoms with van der Waals surface area (Å²) in [6.07, 6.45) is 1.91. The highest BCUT2D eigenvalue weighted by Crippen LogP contribution is 2.24. The van der Waals surface area contributed by atoms with Gasteiger partial charge in [-0.2, -0.15) is 5.10 Å². The second-order valence-corrected chi connectivity index (χ2v) is 8.07. The molecule has 2 aromatic heterocycles. The molecule has 1 N–H and O–H groups in total. The summed E-state index contributed by atoms with van der Waals surface area (Å²) in [5.74, 6) is 0.258. The summed E-state index contributed by atoms with van der Waals surface area (Å²) in [7, 11) is 0. The van der Waals surface area contributed by atoms with E-state index in [0.29, 0.717) is 5.75 Å². The van der Waals surface area contributed by atoms with Gasteiger partial charge in [-0.3, -0.25) is 4.79 Å². The number of aryl methyl sites for hydroxylation is 3. The maximum Gasteiger partial charge on any atom is 0.234 e. The molecule has 29 heavy (non-hydrogen) atoms. The minimum Gasteiger partial charge on any atom is -0.325 e. The number of fused-ring (bicyclic) bond motifs is 1. The Morgan fingerprint density at radius 2 is 1.76 bits per heavy atom. The summed E-state index contributed by atoms with van der Waals surface area (Å²) in [5, 5.41) is 8.40. The second kappa shape index (κ2) is 8.09. The third-order valence-corrected chi connectivity index (χ3v) is 5.58. The van der Waals surface area contributed by atoms with E-state index in [1.807, 2.05) is 62.5 Å². The van der Waals surface area contributed by atoms with Crippen molar-refractivity contribution in [3.8, 4) is 11.3 Å². The van der Waals surface area contributed by atoms with Crippen LogP contribution >= 0.6 is 11.8 Å². The predicted octanol–water partition coefficient (Wildman–Crippen LogP) is 5.05. The van der Waals surface area contributed by atoms with Gasteiger partial charge in [0.25, 0.3) is 0 Å². The molecule has 0 radical (unpaired) electrons. The topological polar surface area (TPSA) is 59.3 Å². The van der Waals surface area contributed by atoms with E-state index >= 15 is 0 Å². The summed E-state index contributed by atoms with van der Waals surface area (Å²) in [5.41, 5.74) is 6.95. The third-order valence-electron chi connectivity index (χ3n) is 4.66.